The van der Waals surface area contributed by atoms with E-state index in [0.717, 1.165) is 16.0 Å². The fourth-order valence-electron chi connectivity index (χ4n) is 1.87. The number of methoxy groups -OCH3 is 2. The molecule has 0 fully saturated rings. The Bertz CT molecular complexity index is 433. The van der Waals surface area contributed by atoms with Crippen molar-refractivity contribution in [1.29, 1.82) is 0 Å². The van der Waals surface area contributed by atoms with Gasteiger partial charge in [-0.15, -0.1) is 0 Å². The molecular weight excluding hydrogens is 310 g/mol. The number of hydrogen-bond acceptors (Lipinski definition) is 5. The van der Waals surface area contributed by atoms with E-state index < -0.39 is 0 Å². The van der Waals surface area contributed by atoms with Crippen molar-refractivity contribution in [2.75, 3.05) is 26.6 Å². The zero-order valence-corrected chi connectivity index (χ0v) is 14.0. The minimum atomic E-state index is -0.177. The SMILES string of the molecule is CNc1nc(C(OC)C(C)(C)C)nc(COC)c1Br. The Morgan fingerprint density at radius 2 is 1.89 bits per heavy atom. The number of rotatable bonds is 5. The van der Waals surface area contributed by atoms with Crippen LogP contribution in [0.15, 0.2) is 4.47 Å². The van der Waals surface area contributed by atoms with Crippen LogP contribution >= 0.6 is 15.9 Å². The standard InChI is InChI=1S/C13H22BrN3O2/c1-13(2,3)10(19-6)12-16-8(7-18-5)9(14)11(15-4)17-12/h10H,7H2,1-6H3,(H,15,16,17). The van der Waals surface area contributed by atoms with E-state index in [1.54, 1.807) is 14.2 Å². The third kappa shape index (κ3) is 3.87. The molecule has 1 atom stereocenters. The van der Waals surface area contributed by atoms with Gasteiger partial charge in [0.15, 0.2) is 5.82 Å². The van der Waals surface area contributed by atoms with Crippen LogP contribution in [-0.4, -0.2) is 31.2 Å². The molecule has 0 aliphatic rings. The molecule has 6 heteroatoms. The van der Waals surface area contributed by atoms with Crippen molar-refractivity contribution < 1.29 is 9.47 Å². The smallest absolute Gasteiger partial charge is 0.160 e. The number of halogens is 1. The summed E-state index contributed by atoms with van der Waals surface area (Å²) in [7, 11) is 5.15. The van der Waals surface area contributed by atoms with Crippen LogP contribution < -0.4 is 5.32 Å². The van der Waals surface area contributed by atoms with E-state index in [4.69, 9.17) is 9.47 Å². The van der Waals surface area contributed by atoms with Crippen LogP contribution in [0.4, 0.5) is 5.82 Å². The highest BCUT2D eigenvalue weighted by molar-refractivity contribution is 9.10. The average molecular weight is 332 g/mol. The first-order valence-corrected chi connectivity index (χ1v) is 6.90. The molecule has 1 aromatic rings. The largest absolute Gasteiger partial charge is 0.378 e. The first-order valence-electron chi connectivity index (χ1n) is 6.11. The van der Waals surface area contributed by atoms with Crippen LogP contribution in [0, 0.1) is 5.41 Å². The summed E-state index contributed by atoms with van der Waals surface area (Å²) in [6, 6.07) is 0. The topological polar surface area (TPSA) is 56.3 Å². The van der Waals surface area contributed by atoms with Gasteiger partial charge in [-0.25, -0.2) is 9.97 Å². The molecule has 1 aromatic heterocycles. The predicted octanol–water partition coefficient (Wildman–Crippen LogP) is 3.16. The summed E-state index contributed by atoms with van der Waals surface area (Å²) in [6.45, 7) is 6.72. The highest BCUT2D eigenvalue weighted by Crippen LogP contribution is 2.35. The van der Waals surface area contributed by atoms with E-state index in [2.05, 4.69) is 52.0 Å². The number of hydrogen-bond donors (Lipinski definition) is 1. The first kappa shape index (κ1) is 16.3. The van der Waals surface area contributed by atoms with Crippen LogP contribution in [-0.2, 0) is 16.1 Å². The maximum atomic E-state index is 5.56. The monoisotopic (exact) mass is 331 g/mol. The number of nitrogens with zero attached hydrogens (tertiary/aromatic N) is 2. The number of aromatic nitrogens is 2. The number of nitrogens with one attached hydrogen (secondary N) is 1. The van der Waals surface area contributed by atoms with E-state index in [-0.39, 0.29) is 11.5 Å². The molecule has 0 spiro atoms. The lowest BCUT2D eigenvalue weighted by Gasteiger charge is -2.28. The van der Waals surface area contributed by atoms with Gasteiger partial charge in [0, 0.05) is 21.3 Å². The molecule has 1 heterocycles. The van der Waals surface area contributed by atoms with Crippen LogP contribution in [0.5, 0.6) is 0 Å². The predicted molar refractivity (Wildman–Crippen MR) is 79.2 cm³/mol. The van der Waals surface area contributed by atoms with Crippen molar-refractivity contribution in [2.24, 2.45) is 5.41 Å². The molecule has 0 aliphatic carbocycles. The minimum Gasteiger partial charge on any atom is -0.378 e. The number of ether oxygens (including phenoxy) is 2. The van der Waals surface area contributed by atoms with E-state index >= 15 is 0 Å². The van der Waals surface area contributed by atoms with Gasteiger partial charge in [0.1, 0.15) is 11.9 Å². The third-order valence-electron chi connectivity index (χ3n) is 2.71. The molecule has 0 amide bonds. The van der Waals surface area contributed by atoms with Gasteiger partial charge in [-0.05, 0) is 21.3 Å². The molecule has 0 bridgehead atoms. The second-order valence-electron chi connectivity index (χ2n) is 5.36. The summed E-state index contributed by atoms with van der Waals surface area (Å²) in [5.41, 5.74) is 0.723. The number of anilines is 1. The summed E-state index contributed by atoms with van der Waals surface area (Å²) in [6.07, 6.45) is -0.177. The normalized spacial score (nSPS) is 13.4. The molecule has 0 aliphatic heterocycles. The molecule has 1 N–H and O–H groups in total. The Morgan fingerprint density at radius 3 is 2.32 bits per heavy atom. The summed E-state index contributed by atoms with van der Waals surface area (Å²) < 4.78 is 11.6. The van der Waals surface area contributed by atoms with Gasteiger partial charge in [0.25, 0.3) is 0 Å². The summed E-state index contributed by atoms with van der Waals surface area (Å²) >= 11 is 3.49. The minimum absolute atomic E-state index is 0.0854. The molecule has 19 heavy (non-hydrogen) atoms. The van der Waals surface area contributed by atoms with Gasteiger partial charge in [0.05, 0.1) is 16.8 Å². The molecular formula is C13H22BrN3O2. The third-order valence-corrected chi connectivity index (χ3v) is 3.55. The zero-order valence-electron chi connectivity index (χ0n) is 12.4. The molecule has 5 nitrogen and oxygen atoms in total. The summed E-state index contributed by atoms with van der Waals surface area (Å²) in [4.78, 5) is 9.08. The van der Waals surface area contributed by atoms with Crippen molar-refractivity contribution in [3.8, 4) is 0 Å². The van der Waals surface area contributed by atoms with Gasteiger partial charge < -0.3 is 14.8 Å². The first-order chi connectivity index (χ1) is 8.85. The Hall–Kier alpha value is -0.720. The van der Waals surface area contributed by atoms with E-state index in [9.17, 15) is 0 Å². The second kappa shape index (κ2) is 6.63. The quantitative estimate of drug-likeness (QED) is 0.898. The van der Waals surface area contributed by atoms with E-state index in [1.165, 1.54) is 0 Å². The Morgan fingerprint density at radius 1 is 1.26 bits per heavy atom. The van der Waals surface area contributed by atoms with Crippen molar-refractivity contribution in [2.45, 2.75) is 33.5 Å². The second-order valence-corrected chi connectivity index (χ2v) is 6.15. The van der Waals surface area contributed by atoms with E-state index in [0.29, 0.717) is 12.4 Å². The Balaban J connectivity index is 3.31. The summed E-state index contributed by atoms with van der Waals surface area (Å²) in [5, 5.41) is 3.06. The molecule has 0 saturated carbocycles. The van der Waals surface area contributed by atoms with Gasteiger partial charge >= 0.3 is 0 Å². The van der Waals surface area contributed by atoms with E-state index in [1.807, 2.05) is 7.05 Å². The fourth-order valence-corrected chi connectivity index (χ4v) is 2.36. The molecule has 1 unspecified atom stereocenters. The average Bonchev–Trinajstić information content (AvgIpc) is 2.32. The van der Waals surface area contributed by atoms with Crippen molar-refractivity contribution in [3.05, 3.63) is 16.0 Å². The molecule has 1 rings (SSSR count). The maximum Gasteiger partial charge on any atom is 0.160 e. The maximum absolute atomic E-state index is 5.56. The molecule has 0 aromatic carbocycles. The summed E-state index contributed by atoms with van der Waals surface area (Å²) in [5.74, 6) is 1.40. The van der Waals surface area contributed by atoms with Gasteiger partial charge in [-0.3, -0.25) is 0 Å². The zero-order chi connectivity index (χ0) is 14.6. The highest BCUT2D eigenvalue weighted by Gasteiger charge is 2.30. The van der Waals surface area contributed by atoms with Crippen molar-refractivity contribution in [3.63, 3.8) is 0 Å². The van der Waals surface area contributed by atoms with Crippen LogP contribution in [0.3, 0.4) is 0 Å². The van der Waals surface area contributed by atoms with Crippen LogP contribution in [0.25, 0.3) is 0 Å². The van der Waals surface area contributed by atoms with Gasteiger partial charge in [0.2, 0.25) is 0 Å². The molecule has 0 saturated heterocycles. The fraction of sp³-hybridized carbons (Fsp3) is 0.692. The Kier molecular flexibility index (Phi) is 5.70. The van der Waals surface area contributed by atoms with Gasteiger partial charge in [-0.1, -0.05) is 20.8 Å². The molecule has 0 radical (unpaired) electrons. The molecule has 108 valence electrons. The van der Waals surface area contributed by atoms with Gasteiger partial charge in [-0.2, -0.15) is 0 Å². The lowest BCUT2D eigenvalue weighted by molar-refractivity contribution is 0.00833. The highest BCUT2D eigenvalue weighted by atomic mass is 79.9. The van der Waals surface area contributed by atoms with Crippen molar-refractivity contribution >= 4 is 21.7 Å². The lowest BCUT2D eigenvalue weighted by Crippen LogP contribution is -2.23. The van der Waals surface area contributed by atoms with Crippen LogP contribution in [0.1, 0.15) is 38.4 Å². The lowest BCUT2D eigenvalue weighted by atomic mass is 9.88. The Labute approximate surface area is 123 Å². The van der Waals surface area contributed by atoms with Crippen molar-refractivity contribution in [1.82, 2.24) is 9.97 Å². The van der Waals surface area contributed by atoms with Crippen LogP contribution in [0.2, 0.25) is 0 Å².